The number of alkyl halides is 2. The molecule has 1 N–H and O–H groups in total. The van der Waals surface area contributed by atoms with Crippen LogP contribution in [0, 0.1) is 4.78 Å². The number of rotatable bonds is 2. The summed E-state index contributed by atoms with van der Waals surface area (Å²) in [5.74, 6) is -3.16. The summed E-state index contributed by atoms with van der Waals surface area (Å²) in [6.07, 6.45) is 0. The van der Waals surface area contributed by atoms with Gasteiger partial charge in [0.15, 0.2) is 0 Å². The molecule has 6 heteroatoms. The second-order valence-electron chi connectivity index (χ2n) is 2.29. The van der Waals surface area contributed by atoms with Crippen LogP contribution in [0.15, 0.2) is 33.6 Å². The summed E-state index contributed by atoms with van der Waals surface area (Å²) in [7, 11) is -3.99. The van der Waals surface area contributed by atoms with Gasteiger partial charge in [-0.15, -0.1) is 0 Å². The molecule has 2 nitrogen and oxygen atoms in total. The van der Waals surface area contributed by atoms with E-state index in [4.69, 9.17) is 4.78 Å². The van der Waals surface area contributed by atoms with Gasteiger partial charge >= 0.3 is 5.76 Å². The highest BCUT2D eigenvalue weighted by atomic mass is 79.9. The number of hydrogen-bond acceptors (Lipinski definition) is 2. The van der Waals surface area contributed by atoms with Crippen molar-refractivity contribution in [2.45, 2.75) is 10.7 Å². The number of benzene rings is 1. The Morgan fingerprint density at radius 2 is 1.92 bits per heavy atom. The molecule has 0 aliphatic rings. The summed E-state index contributed by atoms with van der Waals surface area (Å²) in [5, 5.41) is 0. The standard InChI is InChI=1S/C7H6BrF2NOS/c8-5-3-1-2-4-6(5)13(11,12)7(9)10/h1-4,7,11H. The molecule has 0 fully saturated rings. The van der Waals surface area contributed by atoms with Gasteiger partial charge in [0.1, 0.15) is 9.73 Å². The molecule has 1 aromatic carbocycles. The number of nitrogens with one attached hydrogen (secondary N) is 1. The average molecular weight is 270 g/mol. The van der Waals surface area contributed by atoms with E-state index in [0.29, 0.717) is 0 Å². The molecule has 0 heterocycles. The van der Waals surface area contributed by atoms with Gasteiger partial charge in [-0.2, -0.15) is 8.78 Å². The summed E-state index contributed by atoms with van der Waals surface area (Å²) in [6.45, 7) is 0. The van der Waals surface area contributed by atoms with Crippen LogP contribution >= 0.6 is 15.9 Å². The van der Waals surface area contributed by atoms with Crippen molar-refractivity contribution in [1.29, 1.82) is 4.78 Å². The van der Waals surface area contributed by atoms with E-state index in [0.717, 1.165) is 0 Å². The van der Waals surface area contributed by atoms with Crippen molar-refractivity contribution in [3.63, 3.8) is 0 Å². The number of halogens is 3. The maximum Gasteiger partial charge on any atom is 0.323 e. The van der Waals surface area contributed by atoms with Crippen LogP contribution in [-0.2, 0) is 9.73 Å². The molecular formula is C7H6BrF2NOS. The third-order valence-electron chi connectivity index (χ3n) is 1.41. The Labute approximate surface area is 83.1 Å². The van der Waals surface area contributed by atoms with Gasteiger partial charge in [0.25, 0.3) is 0 Å². The summed E-state index contributed by atoms with van der Waals surface area (Å²) in [4.78, 5) is -0.162. The van der Waals surface area contributed by atoms with Gasteiger partial charge in [-0.3, -0.25) is 0 Å². The van der Waals surface area contributed by atoms with Gasteiger partial charge in [-0.1, -0.05) is 12.1 Å². The molecule has 13 heavy (non-hydrogen) atoms. The first-order chi connectivity index (χ1) is 5.96. The maximum absolute atomic E-state index is 12.2. The molecule has 0 spiro atoms. The molecule has 0 saturated heterocycles. The molecule has 0 aromatic heterocycles. The zero-order valence-corrected chi connectivity index (χ0v) is 8.74. The maximum atomic E-state index is 12.2. The molecule has 1 atom stereocenters. The topological polar surface area (TPSA) is 40.9 Å². The summed E-state index contributed by atoms with van der Waals surface area (Å²) >= 11 is 2.97. The largest absolute Gasteiger partial charge is 0.323 e. The van der Waals surface area contributed by atoms with E-state index in [1.807, 2.05) is 0 Å². The van der Waals surface area contributed by atoms with Crippen molar-refractivity contribution in [1.82, 2.24) is 0 Å². The van der Waals surface area contributed by atoms with Crippen LogP contribution in [0.5, 0.6) is 0 Å². The fourth-order valence-corrected chi connectivity index (χ4v) is 2.62. The van der Waals surface area contributed by atoms with Crippen molar-refractivity contribution in [2.75, 3.05) is 0 Å². The van der Waals surface area contributed by atoms with Crippen molar-refractivity contribution < 1.29 is 13.0 Å². The van der Waals surface area contributed by atoms with E-state index in [9.17, 15) is 13.0 Å². The van der Waals surface area contributed by atoms with Gasteiger partial charge in [-0.25, -0.2) is 8.99 Å². The lowest BCUT2D eigenvalue weighted by atomic mass is 10.4. The van der Waals surface area contributed by atoms with Crippen molar-refractivity contribution in [3.8, 4) is 0 Å². The molecule has 0 amide bonds. The Bertz CT molecular complexity index is 405. The lowest BCUT2D eigenvalue weighted by Gasteiger charge is -2.07. The van der Waals surface area contributed by atoms with Crippen LogP contribution in [0.4, 0.5) is 8.78 Å². The number of hydrogen-bond donors (Lipinski definition) is 1. The molecular weight excluding hydrogens is 264 g/mol. The van der Waals surface area contributed by atoms with Crippen LogP contribution in [0.2, 0.25) is 0 Å². The Balaban J connectivity index is 3.32. The summed E-state index contributed by atoms with van der Waals surface area (Å²) < 4.78 is 42.9. The van der Waals surface area contributed by atoms with Crippen LogP contribution in [-0.4, -0.2) is 9.97 Å². The molecule has 0 saturated carbocycles. The van der Waals surface area contributed by atoms with Crippen LogP contribution in [0.3, 0.4) is 0 Å². The molecule has 1 unspecified atom stereocenters. The minimum atomic E-state index is -3.99. The van der Waals surface area contributed by atoms with Gasteiger partial charge in [0, 0.05) is 4.47 Å². The first kappa shape index (κ1) is 10.6. The second kappa shape index (κ2) is 3.71. The van der Waals surface area contributed by atoms with Crippen molar-refractivity contribution >= 4 is 25.7 Å². The first-order valence-corrected chi connectivity index (χ1v) is 5.68. The lowest BCUT2D eigenvalue weighted by Crippen LogP contribution is -2.09. The minimum absolute atomic E-state index is 0.162. The monoisotopic (exact) mass is 269 g/mol. The summed E-state index contributed by atoms with van der Waals surface area (Å²) in [6, 6.07) is 5.81. The highest BCUT2D eigenvalue weighted by Crippen LogP contribution is 2.26. The lowest BCUT2D eigenvalue weighted by molar-refractivity contribution is 0.241. The smallest absolute Gasteiger partial charge is 0.244 e. The molecule has 0 aliphatic heterocycles. The minimum Gasteiger partial charge on any atom is -0.244 e. The Kier molecular flexibility index (Phi) is 3.02. The van der Waals surface area contributed by atoms with E-state index in [1.54, 1.807) is 6.07 Å². The van der Waals surface area contributed by atoms with Gasteiger partial charge < -0.3 is 0 Å². The summed E-state index contributed by atoms with van der Waals surface area (Å²) in [5.41, 5.74) is 0. The van der Waals surface area contributed by atoms with Gasteiger partial charge in [0.05, 0.1) is 4.90 Å². The first-order valence-electron chi connectivity index (χ1n) is 3.26. The zero-order valence-electron chi connectivity index (χ0n) is 6.34. The second-order valence-corrected chi connectivity index (χ2v) is 5.14. The van der Waals surface area contributed by atoms with E-state index in [2.05, 4.69) is 15.9 Å². The normalized spacial score (nSPS) is 15.7. The average Bonchev–Trinajstić information content (AvgIpc) is 2.04. The quantitative estimate of drug-likeness (QED) is 0.881. The highest BCUT2D eigenvalue weighted by Gasteiger charge is 2.23. The van der Waals surface area contributed by atoms with E-state index in [1.165, 1.54) is 18.2 Å². The fourth-order valence-electron chi connectivity index (χ4n) is 0.787. The SMILES string of the molecule is N=S(=O)(c1ccccc1Br)C(F)F. The fraction of sp³-hybridized carbons (Fsp3) is 0.143. The Morgan fingerprint density at radius 1 is 1.38 bits per heavy atom. The Morgan fingerprint density at radius 3 is 2.38 bits per heavy atom. The molecule has 72 valence electrons. The van der Waals surface area contributed by atoms with E-state index >= 15 is 0 Å². The molecule has 0 bridgehead atoms. The molecule has 0 aliphatic carbocycles. The third-order valence-corrected chi connectivity index (χ3v) is 3.88. The van der Waals surface area contributed by atoms with E-state index in [-0.39, 0.29) is 9.37 Å². The highest BCUT2D eigenvalue weighted by molar-refractivity contribution is 9.10. The zero-order chi connectivity index (χ0) is 10.1. The molecule has 1 aromatic rings. The predicted octanol–water partition coefficient (Wildman–Crippen LogP) is 3.08. The van der Waals surface area contributed by atoms with E-state index < -0.39 is 15.5 Å². The van der Waals surface area contributed by atoms with Crippen LogP contribution in [0.1, 0.15) is 0 Å². The van der Waals surface area contributed by atoms with Crippen LogP contribution < -0.4 is 0 Å². The van der Waals surface area contributed by atoms with Crippen LogP contribution in [0.25, 0.3) is 0 Å². The van der Waals surface area contributed by atoms with Crippen molar-refractivity contribution in [3.05, 3.63) is 28.7 Å². The van der Waals surface area contributed by atoms with Gasteiger partial charge in [-0.05, 0) is 28.1 Å². The molecule has 1 rings (SSSR count). The van der Waals surface area contributed by atoms with Crippen molar-refractivity contribution in [2.24, 2.45) is 0 Å². The Hall–Kier alpha value is -0.490. The third kappa shape index (κ3) is 2.05. The van der Waals surface area contributed by atoms with Gasteiger partial charge in [0.2, 0.25) is 0 Å². The predicted molar refractivity (Wildman–Crippen MR) is 49.3 cm³/mol. The molecule has 0 radical (unpaired) electrons.